The van der Waals surface area contributed by atoms with Crippen molar-refractivity contribution in [2.45, 2.75) is 25.6 Å². The van der Waals surface area contributed by atoms with E-state index in [1.807, 2.05) is 23.1 Å². The van der Waals surface area contributed by atoms with Crippen molar-refractivity contribution >= 4 is 11.8 Å². The number of carbonyl (C=O) groups is 2. The zero-order chi connectivity index (χ0) is 20.8. The van der Waals surface area contributed by atoms with Gasteiger partial charge < -0.3 is 24.7 Å². The summed E-state index contributed by atoms with van der Waals surface area (Å²) >= 11 is 0. The van der Waals surface area contributed by atoms with Gasteiger partial charge in [0.05, 0.1) is 33.2 Å². The number of rotatable bonds is 8. The maximum absolute atomic E-state index is 12.7. The molecule has 0 aliphatic carbocycles. The first-order valence-corrected chi connectivity index (χ1v) is 9.46. The quantitative estimate of drug-likeness (QED) is 0.678. The number of benzene rings is 1. The number of hydrogen-bond donors (Lipinski definition) is 2. The standard InChI is InChI=1S/C20H27N5O4/c1-24(13-18-21-6-7-22-18)19(26)11-15-20(27)23-8-9-25(15)12-14-4-5-16(28-2)17(10-14)29-3/h4-7,10,15H,8-9,11-13H2,1-3H3,(H,21,22)(H,23,27)/t15-/m0/s1. The number of aromatic nitrogens is 2. The molecule has 0 spiro atoms. The maximum atomic E-state index is 12.7. The van der Waals surface area contributed by atoms with Crippen molar-refractivity contribution in [2.75, 3.05) is 34.4 Å². The Hall–Kier alpha value is -3.07. The molecule has 2 N–H and O–H groups in total. The molecular formula is C20H27N5O4. The number of nitrogens with one attached hydrogen (secondary N) is 2. The van der Waals surface area contributed by atoms with Crippen LogP contribution in [0.3, 0.4) is 0 Å². The van der Waals surface area contributed by atoms with Crippen LogP contribution >= 0.6 is 0 Å². The fraction of sp³-hybridized carbons (Fsp3) is 0.450. The Morgan fingerprint density at radius 2 is 2.10 bits per heavy atom. The molecule has 0 radical (unpaired) electrons. The number of imidazole rings is 1. The van der Waals surface area contributed by atoms with E-state index in [2.05, 4.69) is 15.3 Å². The van der Waals surface area contributed by atoms with Gasteiger partial charge in [-0.05, 0) is 17.7 Å². The van der Waals surface area contributed by atoms with E-state index in [1.54, 1.807) is 38.6 Å². The van der Waals surface area contributed by atoms with Gasteiger partial charge in [-0.1, -0.05) is 6.07 Å². The average molecular weight is 401 g/mol. The summed E-state index contributed by atoms with van der Waals surface area (Å²) in [4.78, 5) is 35.9. The minimum absolute atomic E-state index is 0.107. The molecule has 29 heavy (non-hydrogen) atoms. The van der Waals surface area contributed by atoms with E-state index in [-0.39, 0.29) is 18.2 Å². The molecule has 1 atom stereocenters. The first kappa shape index (κ1) is 20.7. The molecule has 2 aromatic rings. The highest BCUT2D eigenvalue weighted by Gasteiger charge is 2.32. The molecule has 1 aliphatic rings. The highest BCUT2D eigenvalue weighted by molar-refractivity contribution is 5.88. The lowest BCUT2D eigenvalue weighted by Gasteiger charge is -2.35. The molecule has 2 heterocycles. The van der Waals surface area contributed by atoms with E-state index in [4.69, 9.17) is 9.47 Å². The van der Waals surface area contributed by atoms with E-state index in [0.29, 0.717) is 43.5 Å². The van der Waals surface area contributed by atoms with Crippen LogP contribution in [0.5, 0.6) is 11.5 Å². The fourth-order valence-corrected chi connectivity index (χ4v) is 3.41. The van der Waals surface area contributed by atoms with Gasteiger partial charge >= 0.3 is 0 Å². The highest BCUT2D eigenvalue weighted by atomic mass is 16.5. The van der Waals surface area contributed by atoms with Gasteiger partial charge in [0.1, 0.15) is 5.82 Å². The van der Waals surface area contributed by atoms with Crippen molar-refractivity contribution < 1.29 is 19.1 Å². The number of carbonyl (C=O) groups excluding carboxylic acids is 2. The summed E-state index contributed by atoms with van der Waals surface area (Å²) < 4.78 is 10.6. The second-order valence-corrected chi connectivity index (χ2v) is 6.96. The predicted molar refractivity (Wildman–Crippen MR) is 106 cm³/mol. The minimum Gasteiger partial charge on any atom is -0.493 e. The highest BCUT2D eigenvalue weighted by Crippen LogP contribution is 2.28. The average Bonchev–Trinajstić information content (AvgIpc) is 3.23. The van der Waals surface area contributed by atoms with Gasteiger partial charge in [0.2, 0.25) is 11.8 Å². The second kappa shape index (κ2) is 9.42. The third-order valence-corrected chi connectivity index (χ3v) is 5.01. The molecular weight excluding hydrogens is 374 g/mol. The van der Waals surface area contributed by atoms with Crippen LogP contribution in [-0.4, -0.2) is 72.0 Å². The number of methoxy groups -OCH3 is 2. The van der Waals surface area contributed by atoms with Crippen LogP contribution in [0.2, 0.25) is 0 Å². The summed E-state index contributed by atoms with van der Waals surface area (Å²) in [5, 5.41) is 2.86. The number of aromatic amines is 1. The van der Waals surface area contributed by atoms with Crippen molar-refractivity contribution in [2.24, 2.45) is 0 Å². The normalized spacial score (nSPS) is 16.9. The number of ether oxygens (including phenoxy) is 2. The Labute approximate surface area is 170 Å². The predicted octanol–water partition coefficient (Wildman–Crippen LogP) is 0.776. The Morgan fingerprint density at radius 3 is 2.79 bits per heavy atom. The molecule has 9 heteroatoms. The van der Waals surface area contributed by atoms with E-state index >= 15 is 0 Å². The minimum atomic E-state index is -0.525. The van der Waals surface area contributed by atoms with E-state index in [0.717, 1.165) is 5.56 Å². The molecule has 3 rings (SSSR count). The van der Waals surface area contributed by atoms with Crippen molar-refractivity contribution in [3.8, 4) is 11.5 Å². The summed E-state index contributed by atoms with van der Waals surface area (Å²) in [7, 11) is 4.89. The monoisotopic (exact) mass is 401 g/mol. The summed E-state index contributed by atoms with van der Waals surface area (Å²) in [5.41, 5.74) is 0.985. The Kier molecular flexibility index (Phi) is 6.71. The van der Waals surface area contributed by atoms with Crippen LogP contribution in [0.25, 0.3) is 0 Å². The first-order valence-electron chi connectivity index (χ1n) is 9.46. The van der Waals surface area contributed by atoms with Gasteiger partial charge in [-0.25, -0.2) is 4.98 Å². The summed E-state index contributed by atoms with van der Waals surface area (Å²) in [5.74, 6) is 1.75. The van der Waals surface area contributed by atoms with Gasteiger partial charge in [0.25, 0.3) is 0 Å². The topological polar surface area (TPSA) is 99.8 Å². The van der Waals surface area contributed by atoms with E-state index < -0.39 is 6.04 Å². The van der Waals surface area contributed by atoms with Crippen molar-refractivity contribution in [3.63, 3.8) is 0 Å². The zero-order valence-electron chi connectivity index (χ0n) is 17.0. The molecule has 9 nitrogen and oxygen atoms in total. The number of amides is 2. The molecule has 0 unspecified atom stereocenters. The molecule has 156 valence electrons. The molecule has 0 bridgehead atoms. The number of hydrogen-bond acceptors (Lipinski definition) is 6. The number of piperazine rings is 1. The molecule has 1 aromatic carbocycles. The van der Waals surface area contributed by atoms with Crippen LogP contribution < -0.4 is 14.8 Å². The Bertz CT molecular complexity index is 839. The van der Waals surface area contributed by atoms with Crippen LogP contribution in [0.4, 0.5) is 0 Å². The fourth-order valence-electron chi connectivity index (χ4n) is 3.41. The lowest BCUT2D eigenvalue weighted by atomic mass is 10.1. The smallest absolute Gasteiger partial charge is 0.237 e. The maximum Gasteiger partial charge on any atom is 0.237 e. The number of nitrogens with zero attached hydrogens (tertiary/aromatic N) is 3. The van der Waals surface area contributed by atoms with Crippen LogP contribution in [0, 0.1) is 0 Å². The third kappa shape index (κ3) is 5.05. The second-order valence-electron chi connectivity index (χ2n) is 6.96. The largest absolute Gasteiger partial charge is 0.493 e. The van der Waals surface area contributed by atoms with Crippen molar-refractivity contribution in [1.29, 1.82) is 0 Å². The Balaban J connectivity index is 1.68. The molecule has 0 saturated carbocycles. The summed E-state index contributed by atoms with van der Waals surface area (Å²) in [6.45, 7) is 2.13. The lowest BCUT2D eigenvalue weighted by molar-refractivity contribution is -0.138. The van der Waals surface area contributed by atoms with Gasteiger partial charge in [0, 0.05) is 39.1 Å². The van der Waals surface area contributed by atoms with Gasteiger partial charge in [-0.2, -0.15) is 0 Å². The van der Waals surface area contributed by atoms with E-state index in [9.17, 15) is 9.59 Å². The Morgan fingerprint density at radius 1 is 1.31 bits per heavy atom. The molecule has 2 amide bonds. The SMILES string of the molecule is COc1ccc(CN2CCNC(=O)[C@@H]2CC(=O)N(C)Cc2ncc[nH]2)cc1OC. The number of H-pyrrole nitrogens is 1. The molecule has 1 aliphatic heterocycles. The van der Waals surface area contributed by atoms with Crippen LogP contribution in [-0.2, 0) is 22.7 Å². The summed E-state index contributed by atoms with van der Waals surface area (Å²) in [6, 6.07) is 5.15. The van der Waals surface area contributed by atoms with Gasteiger partial charge in [-0.3, -0.25) is 14.5 Å². The molecule has 1 aromatic heterocycles. The van der Waals surface area contributed by atoms with Gasteiger partial charge in [-0.15, -0.1) is 0 Å². The lowest BCUT2D eigenvalue weighted by Crippen LogP contribution is -2.56. The third-order valence-electron chi connectivity index (χ3n) is 5.01. The van der Waals surface area contributed by atoms with Crippen LogP contribution in [0.15, 0.2) is 30.6 Å². The van der Waals surface area contributed by atoms with Crippen molar-refractivity contribution in [1.82, 2.24) is 25.1 Å². The van der Waals surface area contributed by atoms with Gasteiger partial charge in [0.15, 0.2) is 11.5 Å². The van der Waals surface area contributed by atoms with Crippen LogP contribution in [0.1, 0.15) is 17.8 Å². The zero-order valence-corrected chi connectivity index (χ0v) is 17.0. The molecule has 1 fully saturated rings. The van der Waals surface area contributed by atoms with E-state index in [1.165, 1.54) is 0 Å². The summed E-state index contributed by atoms with van der Waals surface area (Å²) in [6.07, 6.45) is 3.47. The van der Waals surface area contributed by atoms with Crippen molar-refractivity contribution in [3.05, 3.63) is 42.0 Å². The first-order chi connectivity index (χ1) is 14.0. The molecule has 1 saturated heterocycles.